The Hall–Kier alpha value is -0.760. The van der Waals surface area contributed by atoms with E-state index in [9.17, 15) is 0 Å². The van der Waals surface area contributed by atoms with Crippen molar-refractivity contribution in [3.05, 3.63) is 23.7 Å². The first-order chi connectivity index (χ1) is 5.24. The van der Waals surface area contributed by atoms with Gasteiger partial charge in [0, 0.05) is 6.42 Å². The second-order valence-electron chi connectivity index (χ2n) is 2.30. The molecule has 0 radical (unpaired) electrons. The average Bonchev–Trinajstić information content (AvgIpc) is 2.03. The lowest BCUT2D eigenvalue weighted by atomic mass is 10.3. The summed E-state index contributed by atoms with van der Waals surface area (Å²) in [5.41, 5.74) is 5.38. The van der Waals surface area contributed by atoms with Crippen LogP contribution in [0.15, 0.2) is 23.7 Å². The van der Waals surface area contributed by atoms with Crippen LogP contribution in [-0.4, -0.2) is 6.54 Å². The van der Waals surface area contributed by atoms with Gasteiger partial charge in [-0.25, -0.2) is 0 Å². The first kappa shape index (κ1) is 10.2. The van der Waals surface area contributed by atoms with Crippen LogP contribution in [0.3, 0.4) is 0 Å². The molecular weight excluding hydrogens is 138 g/mol. The molecule has 0 saturated heterocycles. The van der Waals surface area contributed by atoms with Gasteiger partial charge >= 0.3 is 0 Å². The largest absolute Gasteiger partial charge is 0.467 e. The standard InChI is InChI=1S/C9H17NO/c1-4-8(3)11-9(5-2)6-7-10/h4-5H,6-7,10H2,1-3H3/b8-4-,9-5-. The summed E-state index contributed by atoms with van der Waals surface area (Å²) in [5.74, 6) is 1.87. The average molecular weight is 155 g/mol. The third kappa shape index (κ3) is 4.62. The molecule has 0 bridgehead atoms. The van der Waals surface area contributed by atoms with Gasteiger partial charge in [0.2, 0.25) is 0 Å². The first-order valence-electron chi connectivity index (χ1n) is 3.90. The molecule has 0 aromatic carbocycles. The van der Waals surface area contributed by atoms with E-state index < -0.39 is 0 Å². The fourth-order valence-electron chi connectivity index (χ4n) is 0.662. The van der Waals surface area contributed by atoms with Crippen LogP contribution in [-0.2, 0) is 4.74 Å². The summed E-state index contributed by atoms with van der Waals surface area (Å²) in [4.78, 5) is 0. The van der Waals surface area contributed by atoms with Crippen LogP contribution >= 0.6 is 0 Å². The van der Waals surface area contributed by atoms with Crippen molar-refractivity contribution >= 4 is 0 Å². The van der Waals surface area contributed by atoms with Crippen molar-refractivity contribution in [2.45, 2.75) is 27.2 Å². The summed E-state index contributed by atoms with van der Waals surface area (Å²) < 4.78 is 5.43. The maximum atomic E-state index is 5.43. The number of rotatable bonds is 4. The highest BCUT2D eigenvalue weighted by molar-refractivity contribution is 4.98. The van der Waals surface area contributed by atoms with Crippen LogP contribution in [0.2, 0.25) is 0 Å². The van der Waals surface area contributed by atoms with E-state index >= 15 is 0 Å². The Kier molecular flexibility index (Phi) is 5.57. The summed E-state index contributed by atoms with van der Waals surface area (Å²) in [6, 6.07) is 0. The summed E-state index contributed by atoms with van der Waals surface area (Å²) in [6.07, 6.45) is 4.68. The zero-order valence-electron chi connectivity index (χ0n) is 7.55. The molecule has 0 spiro atoms. The number of hydrogen-bond acceptors (Lipinski definition) is 2. The fraction of sp³-hybridized carbons (Fsp3) is 0.556. The van der Waals surface area contributed by atoms with Crippen LogP contribution in [0.4, 0.5) is 0 Å². The van der Waals surface area contributed by atoms with Gasteiger partial charge in [-0.15, -0.1) is 0 Å². The van der Waals surface area contributed by atoms with Crippen molar-refractivity contribution in [3.8, 4) is 0 Å². The van der Waals surface area contributed by atoms with Crippen molar-refractivity contribution in [3.63, 3.8) is 0 Å². The van der Waals surface area contributed by atoms with Crippen LogP contribution < -0.4 is 5.73 Å². The van der Waals surface area contributed by atoms with Gasteiger partial charge in [-0.2, -0.15) is 0 Å². The highest BCUT2D eigenvalue weighted by atomic mass is 16.5. The van der Waals surface area contributed by atoms with Gasteiger partial charge in [0.1, 0.15) is 5.76 Å². The molecule has 2 N–H and O–H groups in total. The Morgan fingerprint density at radius 3 is 2.36 bits per heavy atom. The van der Waals surface area contributed by atoms with Crippen molar-refractivity contribution < 1.29 is 4.74 Å². The number of allylic oxidation sites excluding steroid dienone is 3. The molecule has 0 fully saturated rings. The predicted octanol–water partition coefficient (Wildman–Crippen LogP) is 2.18. The van der Waals surface area contributed by atoms with Crippen LogP contribution in [0.25, 0.3) is 0 Å². The minimum atomic E-state index is 0.636. The first-order valence-corrected chi connectivity index (χ1v) is 3.90. The van der Waals surface area contributed by atoms with Gasteiger partial charge in [-0.05, 0) is 39.5 Å². The van der Waals surface area contributed by atoms with E-state index in [1.807, 2.05) is 32.9 Å². The third-order valence-electron chi connectivity index (χ3n) is 1.41. The molecule has 0 aliphatic heterocycles. The van der Waals surface area contributed by atoms with E-state index in [0.717, 1.165) is 17.9 Å². The van der Waals surface area contributed by atoms with E-state index in [1.165, 1.54) is 0 Å². The third-order valence-corrected chi connectivity index (χ3v) is 1.41. The second kappa shape index (κ2) is 5.98. The maximum absolute atomic E-state index is 5.43. The lowest BCUT2D eigenvalue weighted by Crippen LogP contribution is -2.02. The van der Waals surface area contributed by atoms with Crippen molar-refractivity contribution in [2.75, 3.05) is 6.54 Å². The molecule has 0 atom stereocenters. The lowest BCUT2D eigenvalue weighted by molar-refractivity contribution is 0.292. The summed E-state index contributed by atoms with van der Waals surface area (Å²) in [5, 5.41) is 0. The van der Waals surface area contributed by atoms with Gasteiger partial charge in [-0.1, -0.05) is 0 Å². The van der Waals surface area contributed by atoms with Crippen molar-refractivity contribution in [1.82, 2.24) is 0 Å². The molecular formula is C9H17NO. The summed E-state index contributed by atoms with van der Waals surface area (Å²) in [7, 11) is 0. The molecule has 0 heterocycles. The molecule has 0 amide bonds. The van der Waals surface area contributed by atoms with Gasteiger partial charge in [-0.3, -0.25) is 0 Å². The maximum Gasteiger partial charge on any atom is 0.101 e. The monoisotopic (exact) mass is 155 g/mol. The highest BCUT2D eigenvalue weighted by Gasteiger charge is 1.95. The topological polar surface area (TPSA) is 35.2 Å². The molecule has 64 valence electrons. The predicted molar refractivity (Wildman–Crippen MR) is 47.9 cm³/mol. The molecule has 0 aromatic rings. The quantitative estimate of drug-likeness (QED) is 0.631. The number of nitrogens with two attached hydrogens (primary N) is 1. The highest BCUT2D eigenvalue weighted by Crippen LogP contribution is 2.08. The van der Waals surface area contributed by atoms with Gasteiger partial charge in [0.15, 0.2) is 0 Å². The number of ether oxygens (including phenoxy) is 1. The smallest absolute Gasteiger partial charge is 0.101 e. The van der Waals surface area contributed by atoms with Crippen LogP contribution in [0.1, 0.15) is 27.2 Å². The van der Waals surface area contributed by atoms with E-state index in [1.54, 1.807) is 0 Å². The van der Waals surface area contributed by atoms with Gasteiger partial charge in [0.05, 0.1) is 5.76 Å². The molecule has 0 rings (SSSR count). The Labute approximate surface area is 68.7 Å². The van der Waals surface area contributed by atoms with E-state index in [-0.39, 0.29) is 0 Å². The number of hydrogen-bond donors (Lipinski definition) is 1. The zero-order chi connectivity index (χ0) is 8.69. The molecule has 0 aliphatic carbocycles. The SMILES string of the molecule is C/C=C(/C)O/C(=C\C)CCN. The summed E-state index contributed by atoms with van der Waals surface area (Å²) in [6.45, 7) is 6.47. The second-order valence-corrected chi connectivity index (χ2v) is 2.30. The van der Waals surface area contributed by atoms with E-state index in [2.05, 4.69) is 0 Å². The molecule has 0 saturated carbocycles. The normalized spacial score (nSPS) is 13.5. The molecule has 0 unspecified atom stereocenters. The van der Waals surface area contributed by atoms with Crippen molar-refractivity contribution in [1.29, 1.82) is 0 Å². The Balaban J connectivity index is 3.89. The Morgan fingerprint density at radius 1 is 1.36 bits per heavy atom. The van der Waals surface area contributed by atoms with Crippen LogP contribution in [0, 0.1) is 0 Å². The van der Waals surface area contributed by atoms with E-state index in [4.69, 9.17) is 10.5 Å². The summed E-state index contributed by atoms with van der Waals surface area (Å²) >= 11 is 0. The minimum Gasteiger partial charge on any atom is -0.467 e. The van der Waals surface area contributed by atoms with E-state index in [0.29, 0.717) is 6.54 Å². The Bertz CT molecular complexity index is 159. The van der Waals surface area contributed by atoms with Crippen molar-refractivity contribution in [2.24, 2.45) is 5.73 Å². The molecule has 2 nitrogen and oxygen atoms in total. The Morgan fingerprint density at radius 2 is 2.00 bits per heavy atom. The lowest BCUT2D eigenvalue weighted by Gasteiger charge is -2.07. The molecule has 0 aliphatic rings. The van der Waals surface area contributed by atoms with Gasteiger partial charge < -0.3 is 10.5 Å². The minimum absolute atomic E-state index is 0.636. The fourth-order valence-corrected chi connectivity index (χ4v) is 0.662. The zero-order valence-corrected chi connectivity index (χ0v) is 7.55. The molecule has 0 aromatic heterocycles. The van der Waals surface area contributed by atoms with Crippen LogP contribution in [0.5, 0.6) is 0 Å². The van der Waals surface area contributed by atoms with Gasteiger partial charge in [0.25, 0.3) is 0 Å². The molecule has 11 heavy (non-hydrogen) atoms. The molecule has 2 heteroatoms.